The molecule has 1 aliphatic carbocycles. The summed E-state index contributed by atoms with van der Waals surface area (Å²) >= 11 is 1.70. The minimum Gasteiger partial charge on any atom is -0.304 e. The molecule has 0 aliphatic heterocycles. The van der Waals surface area contributed by atoms with E-state index in [1.54, 1.807) is 11.3 Å². The lowest BCUT2D eigenvalue weighted by Gasteiger charge is -2.25. The topological polar surface area (TPSA) is 48.7 Å². The molecule has 0 amide bonds. The summed E-state index contributed by atoms with van der Waals surface area (Å²) in [4.78, 5) is 4.40. The Morgan fingerprint density at radius 1 is 1.50 bits per heavy atom. The van der Waals surface area contributed by atoms with Crippen LogP contribution in [0.1, 0.15) is 56.5 Å². The van der Waals surface area contributed by atoms with Gasteiger partial charge in [-0.3, -0.25) is 0 Å². The van der Waals surface area contributed by atoms with Crippen molar-refractivity contribution < 1.29 is 0 Å². The smallest absolute Gasteiger partial charge is 0.109 e. The lowest BCUT2D eigenvalue weighted by Crippen LogP contribution is -2.37. The van der Waals surface area contributed by atoms with Gasteiger partial charge < -0.3 is 5.32 Å². The maximum absolute atomic E-state index is 9.30. The van der Waals surface area contributed by atoms with E-state index in [-0.39, 0.29) is 5.92 Å². The summed E-state index contributed by atoms with van der Waals surface area (Å²) in [5, 5.41) is 16.1. The van der Waals surface area contributed by atoms with E-state index in [1.165, 1.54) is 19.3 Å². The third kappa shape index (κ3) is 3.30. The van der Waals surface area contributed by atoms with E-state index in [1.807, 2.05) is 11.6 Å². The molecule has 1 heterocycles. The van der Waals surface area contributed by atoms with Gasteiger partial charge in [0.2, 0.25) is 0 Å². The minimum absolute atomic E-state index is 0.168. The number of thiazole rings is 1. The van der Waals surface area contributed by atoms with Crippen LogP contribution in [0.2, 0.25) is 0 Å². The van der Waals surface area contributed by atoms with Crippen molar-refractivity contribution in [3.63, 3.8) is 0 Å². The Morgan fingerprint density at radius 3 is 3.00 bits per heavy atom. The van der Waals surface area contributed by atoms with E-state index in [0.717, 1.165) is 24.3 Å². The minimum atomic E-state index is 0.168. The average molecular weight is 263 g/mol. The first kappa shape index (κ1) is 13.5. The van der Waals surface area contributed by atoms with Gasteiger partial charge in [-0.05, 0) is 19.3 Å². The lowest BCUT2D eigenvalue weighted by atomic mass is 9.95. The van der Waals surface area contributed by atoms with Crippen LogP contribution in [-0.2, 0) is 0 Å². The van der Waals surface area contributed by atoms with Gasteiger partial charge in [-0.25, -0.2) is 4.98 Å². The molecule has 0 bridgehead atoms. The van der Waals surface area contributed by atoms with Crippen molar-refractivity contribution in [3.8, 4) is 6.07 Å². The number of rotatable bonds is 4. The molecular weight excluding hydrogens is 242 g/mol. The van der Waals surface area contributed by atoms with Crippen LogP contribution in [0.15, 0.2) is 11.6 Å². The summed E-state index contributed by atoms with van der Waals surface area (Å²) < 4.78 is 0. The molecule has 0 spiro atoms. The molecule has 1 fully saturated rings. The third-order valence-electron chi connectivity index (χ3n) is 3.75. The maximum atomic E-state index is 9.30. The van der Waals surface area contributed by atoms with E-state index >= 15 is 0 Å². The Morgan fingerprint density at radius 2 is 2.33 bits per heavy atom. The molecule has 18 heavy (non-hydrogen) atoms. The van der Waals surface area contributed by atoms with Gasteiger partial charge in [0.1, 0.15) is 5.01 Å². The fraction of sp³-hybridized carbons (Fsp3) is 0.714. The molecule has 3 atom stereocenters. The van der Waals surface area contributed by atoms with Gasteiger partial charge in [0.15, 0.2) is 0 Å². The summed E-state index contributed by atoms with van der Waals surface area (Å²) in [6.45, 7) is 2.18. The summed E-state index contributed by atoms with van der Waals surface area (Å²) in [5.74, 6) is 0.168. The summed E-state index contributed by atoms with van der Waals surface area (Å²) in [6, 6.07) is 3.14. The maximum Gasteiger partial charge on any atom is 0.109 e. The van der Waals surface area contributed by atoms with Crippen LogP contribution in [0.25, 0.3) is 0 Å². The van der Waals surface area contributed by atoms with Gasteiger partial charge in [0, 0.05) is 17.6 Å². The van der Waals surface area contributed by atoms with Crippen LogP contribution in [0, 0.1) is 17.2 Å². The Bertz CT molecular complexity index is 382. The molecule has 0 saturated heterocycles. The molecule has 1 N–H and O–H groups in total. The van der Waals surface area contributed by atoms with Gasteiger partial charge >= 0.3 is 0 Å². The van der Waals surface area contributed by atoms with Crippen molar-refractivity contribution in [2.75, 3.05) is 0 Å². The Hall–Kier alpha value is -0.920. The monoisotopic (exact) mass is 263 g/mol. The second-order valence-electron chi connectivity index (χ2n) is 4.98. The molecule has 3 nitrogen and oxygen atoms in total. The molecule has 3 unspecified atom stereocenters. The molecule has 1 aromatic heterocycles. The quantitative estimate of drug-likeness (QED) is 0.843. The third-order valence-corrected chi connectivity index (χ3v) is 4.64. The van der Waals surface area contributed by atoms with Crippen LogP contribution in [0.4, 0.5) is 0 Å². The van der Waals surface area contributed by atoms with Crippen molar-refractivity contribution in [2.45, 2.75) is 57.5 Å². The largest absolute Gasteiger partial charge is 0.304 e. The van der Waals surface area contributed by atoms with Gasteiger partial charge in [-0.1, -0.05) is 26.2 Å². The standard InChI is InChI=1S/C14H21N3S/c1-2-12(14-16-8-9-18-14)17-13-7-5-3-4-6-11(13)10-15/h8-9,11-13,17H,2-7H2,1H3. The van der Waals surface area contributed by atoms with E-state index in [0.29, 0.717) is 12.1 Å². The molecule has 2 rings (SSSR count). The van der Waals surface area contributed by atoms with Crippen molar-refractivity contribution in [1.82, 2.24) is 10.3 Å². The van der Waals surface area contributed by atoms with E-state index < -0.39 is 0 Å². The van der Waals surface area contributed by atoms with Crippen molar-refractivity contribution >= 4 is 11.3 Å². The number of nitrogens with zero attached hydrogens (tertiary/aromatic N) is 2. The van der Waals surface area contributed by atoms with E-state index in [2.05, 4.69) is 23.3 Å². The molecule has 1 saturated carbocycles. The number of hydrogen-bond donors (Lipinski definition) is 1. The first-order valence-electron chi connectivity index (χ1n) is 6.90. The van der Waals surface area contributed by atoms with Crippen LogP contribution in [0.3, 0.4) is 0 Å². The number of nitriles is 1. The zero-order valence-corrected chi connectivity index (χ0v) is 11.7. The van der Waals surface area contributed by atoms with Gasteiger partial charge in [0.25, 0.3) is 0 Å². The predicted molar refractivity (Wildman–Crippen MR) is 74.3 cm³/mol. The molecule has 4 heteroatoms. The fourth-order valence-electron chi connectivity index (χ4n) is 2.69. The van der Waals surface area contributed by atoms with Crippen LogP contribution in [-0.4, -0.2) is 11.0 Å². The molecule has 1 aromatic rings. The van der Waals surface area contributed by atoms with Gasteiger partial charge in [0.05, 0.1) is 18.0 Å². The van der Waals surface area contributed by atoms with Crippen molar-refractivity contribution in [2.24, 2.45) is 5.92 Å². The molecule has 98 valence electrons. The Kier molecular flexibility index (Phi) is 5.15. The van der Waals surface area contributed by atoms with Crippen LogP contribution in [0.5, 0.6) is 0 Å². The van der Waals surface area contributed by atoms with Gasteiger partial charge in [-0.2, -0.15) is 5.26 Å². The summed E-state index contributed by atoms with van der Waals surface area (Å²) in [5.41, 5.74) is 0. The Balaban J connectivity index is 2.03. The number of nitrogens with one attached hydrogen (secondary N) is 1. The highest BCUT2D eigenvalue weighted by molar-refractivity contribution is 7.09. The second kappa shape index (κ2) is 6.86. The molecule has 0 aromatic carbocycles. The Labute approximate surface area is 113 Å². The zero-order chi connectivity index (χ0) is 12.8. The molecular formula is C14H21N3S. The van der Waals surface area contributed by atoms with Crippen LogP contribution < -0.4 is 5.32 Å². The SMILES string of the molecule is CCC(NC1CCCCCC1C#N)c1nccs1. The summed E-state index contributed by atoms with van der Waals surface area (Å²) in [6.07, 6.45) is 8.77. The first-order chi connectivity index (χ1) is 8.85. The lowest BCUT2D eigenvalue weighted by molar-refractivity contribution is 0.345. The highest BCUT2D eigenvalue weighted by Crippen LogP contribution is 2.27. The average Bonchev–Trinajstić information content (AvgIpc) is 2.83. The predicted octanol–water partition coefficient (Wildman–Crippen LogP) is 3.66. The normalized spacial score (nSPS) is 26.2. The first-order valence-corrected chi connectivity index (χ1v) is 7.78. The fourth-order valence-corrected chi connectivity index (χ4v) is 3.47. The molecule has 0 radical (unpaired) electrons. The van der Waals surface area contributed by atoms with Gasteiger partial charge in [-0.15, -0.1) is 11.3 Å². The highest BCUT2D eigenvalue weighted by Gasteiger charge is 2.26. The van der Waals surface area contributed by atoms with Crippen molar-refractivity contribution in [3.05, 3.63) is 16.6 Å². The zero-order valence-electron chi connectivity index (χ0n) is 10.9. The van der Waals surface area contributed by atoms with E-state index in [9.17, 15) is 5.26 Å². The highest BCUT2D eigenvalue weighted by atomic mass is 32.1. The van der Waals surface area contributed by atoms with Crippen molar-refractivity contribution in [1.29, 1.82) is 5.26 Å². The van der Waals surface area contributed by atoms with E-state index in [4.69, 9.17) is 0 Å². The summed E-state index contributed by atoms with van der Waals surface area (Å²) in [7, 11) is 0. The molecule has 1 aliphatic rings. The second-order valence-corrected chi connectivity index (χ2v) is 5.90. The number of hydrogen-bond acceptors (Lipinski definition) is 4. The van der Waals surface area contributed by atoms with Crippen LogP contribution >= 0.6 is 11.3 Å². The number of aromatic nitrogens is 1.